The first kappa shape index (κ1) is 16.0. The molecule has 0 radical (unpaired) electrons. The monoisotopic (exact) mass is 354 g/mol. The first-order valence-corrected chi connectivity index (χ1v) is 7.76. The van der Waals surface area contributed by atoms with E-state index in [1.54, 1.807) is 0 Å². The molecule has 1 unspecified atom stereocenters. The number of carbonyl (C=O) groups is 2. The van der Waals surface area contributed by atoms with Crippen LogP contribution in [0.15, 0.2) is 22.7 Å². The highest BCUT2D eigenvalue weighted by Gasteiger charge is 2.26. The van der Waals surface area contributed by atoms with Gasteiger partial charge in [-0.3, -0.25) is 14.5 Å². The Bertz CT molecular complexity index is 548. The second-order valence-corrected chi connectivity index (χ2v) is 6.28. The molecule has 2 N–H and O–H groups in total. The molecule has 0 aliphatic carbocycles. The average Bonchev–Trinajstić information content (AvgIpc) is 2.43. The number of hydrogen-bond donors (Lipinski definition) is 2. The zero-order chi connectivity index (χ0) is 15.4. The molecule has 1 fully saturated rings. The number of aliphatic carboxylic acids is 1. The van der Waals surface area contributed by atoms with Gasteiger partial charge in [-0.1, -0.05) is 15.9 Å². The first-order chi connectivity index (χ1) is 9.95. The van der Waals surface area contributed by atoms with E-state index in [0.717, 1.165) is 28.7 Å². The van der Waals surface area contributed by atoms with Crippen molar-refractivity contribution in [1.29, 1.82) is 0 Å². The van der Waals surface area contributed by atoms with Gasteiger partial charge in [0.25, 0.3) is 0 Å². The Morgan fingerprint density at radius 2 is 2.24 bits per heavy atom. The summed E-state index contributed by atoms with van der Waals surface area (Å²) in [6.07, 6.45) is 1.51. The van der Waals surface area contributed by atoms with E-state index in [9.17, 15) is 9.59 Å². The predicted molar refractivity (Wildman–Crippen MR) is 84.3 cm³/mol. The topological polar surface area (TPSA) is 69.6 Å². The number of aryl methyl sites for hydroxylation is 1. The van der Waals surface area contributed by atoms with Crippen LogP contribution in [0.2, 0.25) is 0 Å². The van der Waals surface area contributed by atoms with Crippen molar-refractivity contribution < 1.29 is 14.7 Å². The fraction of sp³-hybridized carbons (Fsp3) is 0.467. The number of amides is 1. The van der Waals surface area contributed by atoms with Crippen LogP contribution >= 0.6 is 15.9 Å². The van der Waals surface area contributed by atoms with Crippen molar-refractivity contribution >= 4 is 33.5 Å². The minimum atomic E-state index is -0.774. The molecule has 1 saturated heterocycles. The van der Waals surface area contributed by atoms with Crippen LogP contribution in [-0.2, 0) is 9.59 Å². The Balaban J connectivity index is 1.89. The van der Waals surface area contributed by atoms with Gasteiger partial charge < -0.3 is 10.4 Å². The number of nitrogens with zero attached hydrogens (tertiary/aromatic N) is 1. The number of carboxylic acids is 1. The van der Waals surface area contributed by atoms with E-state index in [1.165, 1.54) is 0 Å². The molecule has 6 heteroatoms. The Hall–Kier alpha value is -1.40. The summed E-state index contributed by atoms with van der Waals surface area (Å²) in [5.41, 5.74) is 1.81. The van der Waals surface area contributed by atoms with E-state index < -0.39 is 5.97 Å². The molecule has 0 aromatic heterocycles. The third-order valence-corrected chi connectivity index (χ3v) is 4.55. The molecule has 5 nitrogen and oxygen atoms in total. The average molecular weight is 355 g/mol. The van der Waals surface area contributed by atoms with Gasteiger partial charge in [-0.2, -0.15) is 0 Å². The normalized spacial score (nSPS) is 19.2. The SMILES string of the molecule is Cc1cc(NC(=O)CN2CCCC(C(=O)O)C2)ccc1Br. The summed E-state index contributed by atoms with van der Waals surface area (Å²) >= 11 is 3.42. The van der Waals surface area contributed by atoms with Crippen molar-refractivity contribution in [2.24, 2.45) is 5.92 Å². The molecule has 0 spiro atoms. The van der Waals surface area contributed by atoms with Crippen LogP contribution in [-0.4, -0.2) is 41.5 Å². The fourth-order valence-corrected chi connectivity index (χ4v) is 2.77. The predicted octanol–water partition coefficient (Wildman–Crippen LogP) is 2.49. The molecular formula is C15H19BrN2O3. The van der Waals surface area contributed by atoms with Gasteiger partial charge in [0.1, 0.15) is 0 Å². The van der Waals surface area contributed by atoms with Gasteiger partial charge in [0.15, 0.2) is 0 Å². The number of hydrogen-bond acceptors (Lipinski definition) is 3. The van der Waals surface area contributed by atoms with Gasteiger partial charge in [-0.15, -0.1) is 0 Å². The summed E-state index contributed by atoms with van der Waals surface area (Å²) in [5.74, 6) is -1.24. The number of rotatable bonds is 4. The number of piperidine rings is 1. The molecule has 1 aromatic carbocycles. The molecule has 1 aromatic rings. The summed E-state index contributed by atoms with van der Waals surface area (Å²) in [6, 6.07) is 5.63. The minimum Gasteiger partial charge on any atom is -0.481 e. The molecule has 0 bridgehead atoms. The van der Waals surface area contributed by atoms with Crippen LogP contribution in [0.1, 0.15) is 18.4 Å². The van der Waals surface area contributed by atoms with E-state index in [-0.39, 0.29) is 18.4 Å². The third kappa shape index (κ3) is 4.54. The van der Waals surface area contributed by atoms with Crippen molar-refractivity contribution in [3.8, 4) is 0 Å². The number of anilines is 1. The molecule has 1 heterocycles. The highest BCUT2D eigenvalue weighted by molar-refractivity contribution is 9.10. The summed E-state index contributed by atoms with van der Waals surface area (Å²) in [7, 11) is 0. The largest absolute Gasteiger partial charge is 0.481 e. The highest BCUT2D eigenvalue weighted by Crippen LogP contribution is 2.20. The van der Waals surface area contributed by atoms with Crippen LogP contribution in [0.3, 0.4) is 0 Å². The molecule has 2 rings (SSSR count). The Morgan fingerprint density at radius 1 is 1.48 bits per heavy atom. The zero-order valence-corrected chi connectivity index (χ0v) is 13.5. The van der Waals surface area contributed by atoms with E-state index in [1.807, 2.05) is 30.0 Å². The highest BCUT2D eigenvalue weighted by atomic mass is 79.9. The lowest BCUT2D eigenvalue weighted by molar-refractivity contribution is -0.144. The molecule has 1 atom stereocenters. The Labute approximate surface area is 132 Å². The number of carbonyl (C=O) groups excluding carboxylic acids is 1. The van der Waals surface area contributed by atoms with E-state index in [4.69, 9.17) is 5.11 Å². The maximum atomic E-state index is 12.0. The van der Waals surface area contributed by atoms with Gasteiger partial charge in [-0.25, -0.2) is 0 Å². The quantitative estimate of drug-likeness (QED) is 0.871. The van der Waals surface area contributed by atoms with Crippen LogP contribution in [0, 0.1) is 12.8 Å². The van der Waals surface area contributed by atoms with E-state index >= 15 is 0 Å². The lowest BCUT2D eigenvalue weighted by Crippen LogP contribution is -2.42. The maximum absolute atomic E-state index is 12.0. The van der Waals surface area contributed by atoms with Crippen LogP contribution in [0.4, 0.5) is 5.69 Å². The van der Waals surface area contributed by atoms with Gasteiger partial charge in [-0.05, 0) is 50.1 Å². The van der Waals surface area contributed by atoms with Gasteiger partial charge in [0.05, 0.1) is 12.5 Å². The smallest absolute Gasteiger partial charge is 0.307 e. The van der Waals surface area contributed by atoms with Crippen molar-refractivity contribution in [2.75, 3.05) is 25.0 Å². The van der Waals surface area contributed by atoms with Crippen molar-refractivity contribution in [2.45, 2.75) is 19.8 Å². The minimum absolute atomic E-state index is 0.109. The van der Waals surface area contributed by atoms with E-state index in [2.05, 4.69) is 21.2 Å². The maximum Gasteiger partial charge on any atom is 0.307 e. The number of benzene rings is 1. The number of nitrogens with one attached hydrogen (secondary N) is 1. The number of carboxylic acid groups (broad SMARTS) is 1. The van der Waals surface area contributed by atoms with Crippen molar-refractivity contribution in [1.82, 2.24) is 4.90 Å². The first-order valence-electron chi connectivity index (χ1n) is 6.97. The summed E-state index contributed by atoms with van der Waals surface area (Å²) in [6.45, 7) is 3.42. The summed E-state index contributed by atoms with van der Waals surface area (Å²) < 4.78 is 1.00. The molecule has 114 valence electrons. The van der Waals surface area contributed by atoms with Gasteiger partial charge in [0.2, 0.25) is 5.91 Å². The van der Waals surface area contributed by atoms with Crippen molar-refractivity contribution in [3.63, 3.8) is 0 Å². The zero-order valence-electron chi connectivity index (χ0n) is 11.9. The van der Waals surface area contributed by atoms with Crippen molar-refractivity contribution in [3.05, 3.63) is 28.2 Å². The second kappa shape index (κ2) is 7.04. The van der Waals surface area contributed by atoms with E-state index in [0.29, 0.717) is 13.0 Å². The Kier molecular flexibility index (Phi) is 5.36. The molecular weight excluding hydrogens is 336 g/mol. The lowest BCUT2D eigenvalue weighted by atomic mass is 9.98. The second-order valence-electron chi connectivity index (χ2n) is 5.42. The number of halogens is 1. The molecule has 21 heavy (non-hydrogen) atoms. The number of likely N-dealkylation sites (tertiary alicyclic amines) is 1. The lowest BCUT2D eigenvalue weighted by Gasteiger charge is -2.29. The Morgan fingerprint density at radius 3 is 2.90 bits per heavy atom. The summed E-state index contributed by atoms with van der Waals surface area (Å²) in [4.78, 5) is 25.0. The van der Waals surface area contributed by atoms with Crippen LogP contribution in [0.5, 0.6) is 0 Å². The van der Waals surface area contributed by atoms with Gasteiger partial charge >= 0.3 is 5.97 Å². The van der Waals surface area contributed by atoms with Gasteiger partial charge in [0, 0.05) is 16.7 Å². The van der Waals surface area contributed by atoms with Crippen LogP contribution in [0.25, 0.3) is 0 Å². The molecule has 1 aliphatic rings. The summed E-state index contributed by atoms with van der Waals surface area (Å²) in [5, 5.41) is 11.9. The fourth-order valence-electron chi connectivity index (χ4n) is 2.53. The third-order valence-electron chi connectivity index (χ3n) is 3.66. The van der Waals surface area contributed by atoms with Crippen LogP contribution < -0.4 is 5.32 Å². The molecule has 0 saturated carbocycles. The molecule has 1 amide bonds. The standard InChI is InChI=1S/C15H19BrN2O3/c1-10-7-12(4-5-13(10)16)17-14(19)9-18-6-2-3-11(8-18)15(20)21/h4-5,7,11H,2-3,6,8-9H2,1H3,(H,17,19)(H,20,21). The molecule has 1 aliphatic heterocycles.